The summed E-state index contributed by atoms with van der Waals surface area (Å²) in [7, 11) is 0. The van der Waals surface area contributed by atoms with Crippen LogP contribution in [0.1, 0.15) is 5.56 Å². The third-order valence-corrected chi connectivity index (χ3v) is 4.71. The first kappa shape index (κ1) is 21.6. The highest BCUT2D eigenvalue weighted by atomic mass is 35.5. The topological polar surface area (TPSA) is 79.0 Å². The van der Waals surface area contributed by atoms with Gasteiger partial charge >= 0.3 is 11.9 Å². The number of fused-ring (bicyclic) bond motifs is 1. The number of benzene rings is 1. The van der Waals surface area contributed by atoms with Crippen molar-refractivity contribution in [1.29, 1.82) is 0 Å². The zero-order valence-corrected chi connectivity index (χ0v) is 17.0. The van der Waals surface area contributed by atoms with Crippen LogP contribution in [0.15, 0.2) is 70.5 Å². The zero-order chi connectivity index (χ0) is 22.9. The molecule has 1 aromatic heterocycles. The average Bonchev–Trinajstić information content (AvgIpc) is 2.74. The molecule has 0 saturated carbocycles. The van der Waals surface area contributed by atoms with Gasteiger partial charge in [0.05, 0.1) is 17.8 Å². The van der Waals surface area contributed by atoms with Crippen LogP contribution < -0.4 is 16.0 Å². The van der Waals surface area contributed by atoms with Crippen LogP contribution in [0.3, 0.4) is 0 Å². The molecule has 3 heterocycles. The van der Waals surface area contributed by atoms with E-state index in [0.717, 1.165) is 10.1 Å². The van der Waals surface area contributed by atoms with Gasteiger partial charge in [0.25, 0.3) is 5.56 Å². The maximum Gasteiger partial charge on any atom is 0.422 e. The third kappa shape index (κ3) is 4.65. The maximum atomic E-state index is 13.1. The second kappa shape index (κ2) is 8.46. The minimum Gasteiger partial charge on any atom is -0.484 e. The van der Waals surface area contributed by atoms with E-state index < -0.39 is 24.0 Å². The van der Waals surface area contributed by atoms with Crippen LogP contribution >= 0.6 is 11.6 Å². The number of hydrogen-bond donors (Lipinski definition) is 0. The van der Waals surface area contributed by atoms with Gasteiger partial charge < -0.3 is 9.30 Å². The summed E-state index contributed by atoms with van der Waals surface area (Å²) in [6.07, 6.45) is -1.28. The van der Waals surface area contributed by atoms with E-state index in [1.54, 1.807) is 35.2 Å². The molecule has 0 N–H and O–H groups in total. The Morgan fingerprint density at radius 1 is 1.06 bits per heavy atom. The highest BCUT2D eigenvalue weighted by molar-refractivity contribution is 6.29. The number of rotatable bonds is 5. The summed E-state index contributed by atoms with van der Waals surface area (Å²) in [5.74, 6) is 0.0303. The number of nitrogens with zero attached hydrogens (tertiary/aromatic N) is 4. The molecule has 0 spiro atoms. The molecule has 0 unspecified atom stereocenters. The van der Waals surface area contributed by atoms with E-state index in [9.17, 15) is 22.8 Å². The first-order valence-electron chi connectivity index (χ1n) is 9.24. The van der Waals surface area contributed by atoms with Crippen LogP contribution in [-0.4, -0.2) is 31.9 Å². The summed E-state index contributed by atoms with van der Waals surface area (Å²) in [5, 5.41) is 0.334. The predicted octanol–water partition coefficient (Wildman–Crippen LogP) is 3.54. The Labute approximate surface area is 183 Å². The van der Waals surface area contributed by atoms with Crippen molar-refractivity contribution < 1.29 is 17.9 Å². The average molecular weight is 463 g/mol. The number of halogens is 4. The Balaban J connectivity index is 1.75. The molecule has 0 amide bonds. The van der Waals surface area contributed by atoms with Crippen molar-refractivity contribution in [2.24, 2.45) is 0 Å². The lowest BCUT2D eigenvalue weighted by molar-refractivity contribution is -0.153. The van der Waals surface area contributed by atoms with Gasteiger partial charge in [0.1, 0.15) is 10.9 Å². The first-order chi connectivity index (χ1) is 15.2. The van der Waals surface area contributed by atoms with Crippen molar-refractivity contribution in [3.8, 4) is 22.8 Å². The summed E-state index contributed by atoms with van der Waals surface area (Å²) >= 11 is 5.80. The number of aromatic nitrogens is 4. The van der Waals surface area contributed by atoms with Crippen molar-refractivity contribution >= 4 is 11.6 Å². The molecule has 0 aliphatic carbocycles. The van der Waals surface area contributed by atoms with Crippen molar-refractivity contribution in [1.82, 2.24) is 19.1 Å². The van der Waals surface area contributed by atoms with E-state index in [1.165, 1.54) is 30.3 Å². The molecule has 2 aliphatic heterocycles. The Hall–Kier alpha value is -3.66. The van der Waals surface area contributed by atoms with E-state index in [0.29, 0.717) is 5.15 Å². The Morgan fingerprint density at radius 3 is 2.59 bits per heavy atom. The van der Waals surface area contributed by atoms with Crippen LogP contribution in [0.4, 0.5) is 13.2 Å². The molecular weight excluding hydrogens is 449 g/mol. The second-order valence-electron chi connectivity index (χ2n) is 6.80. The molecule has 11 heteroatoms. The van der Waals surface area contributed by atoms with Crippen molar-refractivity contribution in [3.63, 3.8) is 0 Å². The molecule has 2 aliphatic rings. The summed E-state index contributed by atoms with van der Waals surface area (Å²) in [6.45, 7) is -1.21. The van der Waals surface area contributed by atoms with E-state index in [-0.39, 0.29) is 29.4 Å². The molecule has 0 saturated heterocycles. The van der Waals surface area contributed by atoms with Gasteiger partial charge in [-0.1, -0.05) is 23.7 Å². The lowest BCUT2D eigenvalue weighted by Gasteiger charge is -2.15. The van der Waals surface area contributed by atoms with Crippen LogP contribution in [0.5, 0.6) is 5.75 Å². The molecule has 0 fully saturated rings. The van der Waals surface area contributed by atoms with E-state index in [4.69, 9.17) is 16.3 Å². The van der Waals surface area contributed by atoms with Gasteiger partial charge in [0, 0.05) is 18.5 Å². The summed E-state index contributed by atoms with van der Waals surface area (Å²) in [4.78, 5) is 33.9. The molecule has 1 aromatic carbocycles. The lowest BCUT2D eigenvalue weighted by atomic mass is 10.2. The highest BCUT2D eigenvalue weighted by Gasteiger charge is 2.28. The zero-order valence-electron chi connectivity index (χ0n) is 16.2. The van der Waals surface area contributed by atoms with E-state index in [1.807, 2.05) is 0 Å². The monoisotopic (exact) mass is 462 g/mol. The number of hydrogen-bond acceptors (Lipinski definition) is 5. The largest absolute Gasteiger partial charge is 0.484 e. The molecule has 0 bridgehead atoms. The van der Waals surface area contributed by atoms with E-state index in [2.05, 4.69) is 9.97 Å². The third-order valence-electron chi connectivity index (χ3n) is 4.49. The Bertz CT molecular complexity index is 1350. The quantitative estimate of drug-likeness (QED) is 0.424. The molecular formula is C21H14ClF3N4O3. The molecule has 32 heavy (non-hydrogen) atoms. The van der Waals surface area contributed by atoms with Gasteiger partial charge in [-0.2, -0.15) is 18.2 Å². The van der Waals surface area contributed by atoms with Crippen LogP contribution in [0.2, 0.25) is 5.15 Å². The normalized spacial score (nSPS) is 11.6. The van der Waals surface area contributed by atoms with Crippen LogP contribution in [0.25, 0.3) is 17.1 Å². The summed E-state index contributed by atoms with van der Waals surface area (Å²) in [5.41, 5.74) is -0.539. The van der Waals surface area contributed by atoms with E-state index >= 15 is 0 Å². The number of ether oxygens (including phenoxy) is 1. The Morgan fingerprint density at radius 2 is 1.88 bits per heavy atom. The molecule has 0 radical (unpaired) electrons. The van der Waals surface area contributed by atoms with Crippen LogP contribution in [0, 0.1) is 0 Å². The molecule has 2 aromatic rings. The van der Waals surface area contributed by atoms with Crippen molar-refractivity contribution in [2.45, 2.75) is 12.7 Å². The first-order valence-corrected chi connectivity index (χ1v) is 9.62. The fraction of sp³-hybridized carbons (Fsp3) is 0.143. The number of pyridine rings is 2. The van der Waals surface area contributed by atoms with Crippen molar-refractivity contribution in [2.75, 3.05) is 6.61 Å². The summed E-state index contributed by atoms with van der Waals surface area (Å²) in [6, 6.07) is 11.8. The fourth-order valence-electron chi connectivity index (χ4n) is 3.11. The van der Waals surface area contributed by atoms with Crippen LogP contribution in [-0.2, 0) is 6.54 Å². The maximum absolute atomic E-state index is 13.1. The molecule has 0 atom stereocenters. The van der Waals surface area contributed by atoms with Gasteiger partial charge in [0.15, 0.2) is 12.4 Å². The second-order valence-corrected chi connectivity index (χ2v) is 7.19. The standard InChI is InChI=1S/C21H14ClF3N4O3/c22-17-7-6-13(10-26-17)11-28-8-2-5-16-18(28)27-20(31)29(19(16)30)14-3-1-4-15(9-14)32-12-21(23,24)25/h1-10H,11-12H2. The van der Waals surface area contributed by atoms with Gasteiger partial charge in [-0.3, -0.25) is 4.79 Å². The number of alkyl halides is 3. The SMILES string of the molecule is O=c1nc2n(Cc3ccc(Cl)nc3)cccc-2c(=O)n1-c1cccc(OCC(F)(F)F)c1. The predicted molar refractivity (Wildman–Crippen MR) is 111 cm³/mol. The van der Waals surface area contributed by atoms with Gasteiger partial charge in [-0.05, 0) is 35.9 Å². The van der Waals surface area contributed by atoms with Gasteiger partial charge in [-0.15, -0.1) is 0 Å². The van der Waals surface area contributed by atoms with Gasteiger partial charge in [-0.25, -0.2) is 14.3 Å². The molecule has 7 nitrogen and oxygen atoms in total. The molecule has 164 valence electrons. The summed E-state index contributed by atoms with van der Waals surface area (Å²) < 4.78 is 44.4. The minimum atomic E-state index is -4.52. The Kier molecular flexibility index (Phi) is 5.70. The molecule has 4 rings (SSSR count). The lowest BCUT2D eigenvalue weighted by Crippen LogP contribution is -2.36. The minimum absolute atomic E-state index is 0.0476. The van der Waals surface area contributed by atoms with Gasteiger partial charge in [0.2, 0.25) is 0 Å². The van der Waals surface area contributed by atoms with Crippen molar-refractivity contribution in [3.05, 3.63) is 92.5 Å². The fourth-order valence-corrected chi connectivity index (χ4v) is 3.22. The smallest absolute Gasteiger partial charge is 0.422 e. The highest BCUT2D eigenvalue weighted by Crippen LogP contribution is 2.21.